The van der Waals surface area contributed by atoms with Crippen LogP contribution in [0, 0.1) is 0 Å². The quantitative estimate of drug-likeness (QED) is 0.435. The zero-order valence-corrected chi connectivity index (χ0v) is 12.8. The summed E-state index contributed by atoms with van der Waals surface area (Å²) in [5, 5.41) is 4.10. The maximum absolute atomic E-state index is 13.5. The average molecular weight is 340 g/mol. The van der Waals surface area contributed by atoms with Crippen molar-refractivity contribution in [3.05, 3.63) is 35.9 Å². The number of benzene rings is 1. The topological polar surface area (TPSA) is 49.7 Å². The van der Waals surface area contributed by atoms with Crippen LogP contribution in [-0.2, 0) is 15.6 Å². The van der Waals surface area contributed by atoms with Crippen LogP contribution in [0.25, 0.3) is 0 Å². The summed E-state index contributed by atoms with van der Waals surface area (Å²) in [5.41, 5.74) is -0.990. The number of halogens is 4. The zero-order chi connectivity index (χ0) is 17.0. The molecule has 0 aliphatic rings. The minimum atomic E-state index is -4.60. The van der Waals surface area contributed by atoms with Crippen LogP contribution in [-0.4, -0.2) is 51.3 Å². The Bertz CT molecular complexity index is 616. The van der Waals surface area contributed by atoms with Gasteiger partial charge in [-0.3, -0.25) is 0 Å². The lowest BCUT2D eigenvalue weighted by Crippen LogP contribution is -2.42. The predicted octanol–water partition coefficient (Wildman–Crippen LogP) is 2.42. The van der Waals surface area contributed by atoms with Gasteiger partial charge in [-0.2, -0.15) is 13.9 Å². The van der Waals surface area contributed by atoms with E-state index < -0.39 is 39.4 Å². The molecule has 1 aromatic carbocycles. The van der Waals surface area contributed by atoms with Crippen molar-refractivity contribution in [2.75, 3.05) is 19.8 Å². The van der Waals surface area contributed by atoms with Gasteiger partial charge in [0.05, 0.1) is 11.5 Å². The molecule has 0 radical (unpaired) electrons. The standard InChI is InChI=1S/C13H16F4N2O2S/c1-19(2)18-11(13(16,17)12(14)15)9-22(20,21)8-10-6-4-3-5-7-10/h3-7,12H,8-9H2,1-2H3/b18-11+. The van der Waals surface area contributed by atoms with Crippen molar-refractivity contribution >= 4 is 15.5 Å². The highest BCUT2D eigenvalue weighted by molar-refractivity contribution is 7.91. The molecule has 0 saturated carbocycles. The molecule has 1 aromatic rings. The third-order valence-corrected chi connectivity index (χ3v) is 4.05. The SMILES string of the molecule is CN(C)/N=C(\CS(=O)(=O)Cc1ccccc1)C(F)(F)C(F)F. The minimum Gasteiger partial charge on any atom is -0.303 e. The predicted molar refractivity (Wildman–Crippen MR) is 76.0 cm³/mol. The fourth-order valence-corrected chi connectivity index (χ4v) is 3.12. The lowest BCUT2D eigenvalue weighted by Gasteiger charge is -2.19. The van der Waals surface area contributed by atoms with Gasteiger partial charge < -0.3 is 5.01 Å². The maximum atomic E-state index is 13.5. The van der Waals surface area contributed by atoms with E-state index in [1.807, 2.05) is 0 Å². The normalized spacial score (nSPS) is 13.5. The van der Waals surface area contributed by atoms with Crippen LogP contribution in [0.5, 0.6) is 0 Å². The van der Waals surface area contributed by atoms with Gasteiger partial charge in [-0.25, -0.2) is 17.2 Å². The summed E-state index contributed by atoms with van der Waals surface area (Å²) < 4.78 is 75.8. The van der Waals surface area contributed by atoms with E-state index in [1.165, 1.54) is 26.2 Å². The van der Waals surface area contributed by atoms with Gasteiger partial charge in [-0.1, -0.05) is 30.3 Å². The van der Waals surface area contributed by atoms with Crippen LogP contribution in [0.4, 0.5) is 17.6 Å². The molecular formula is C13H16F4N2O2S. The van der Waals surface area contributed by atoms with E-state index >= 15 is 0 Å². The molecule has 0 fully saturated rings. The highest BCUT2D eigenvalue weighted by atomic mass is 32.2. The molecule has 0 heterocycles. The molecule has 0 atom stereocenters. The molecule has 0 aliphatic carbocycles. The highest BCUT2D eigenvalue weighted by Gasteiger charge is 2.48. The first-order valence-corrected chi connectivity index (χ1v) is 8.02. The number of hydrazone groups is 1. The second-order valence-corrected chi connectivity index (χ2v) is 6.90. The van der Waals surface area contributed by atoms with Crippen LogP contribution >= 0.6 is 0 Å². The molecule has 9 heteroatoms. The number of rotatable bonds is 7. The first-order valence-electron chi connectivity index (χ1n) is 6.20. The Morgan fingerprint density at radius 1 is 1.23 bits per heavy atom. The monoisotopic (exact) mass is 340 g/mol. The van der Waals surface area contributed by atoms with E-state index in [2.05, 4.69) is 5.10 Å². The Labute approximate surface area is 126 Å². The molecule has 4 nitrogen and oxygen atoms in total. The van der Waals surface area contributed by atoms with Crippen LogP contribution in [0.15, 0.2) is 35.4 Å². The minimum absolute atomic E-state index is 0.382. The van der Waals surface area contributed by atoms with Crippen molar-refractivity contribution in [3.63, 3.8) is 0 Å². The van der Waals surface area contributed by atoms with Crippen molar-refractivity contribution in [3.8, 4) is 0 Å². The summed E-state index contributed by atoms with van der Waals surface area (Å²) in [6.07, 6.45) is -4.03. The second-order valence-electron chi connectivity index (χ2n) is 4.84. The Hall–Kier alpha value is -1.64. The average Bonchev–Trinajstić information content (AvgIpc) is 2.37. The van der Waals surface area contributed by atoms with Crippen molar-refractivity contribution in [1.29, 1.82) is 0 Å². The third-order valence-electron chi connectivity index (χ3n) is 2.57. The van der Waals surface area contributed by atoms with Crippen molar-refractivity contribution in [1.82, 2.24) is 5.01 Å². The first kappa shape index (κ1) is 18.4. The lowest BCUT2D eigenvalue weighted by atomic mass is 10.2. The van der Waals surface area contributed by atoms with Crippen molar-refractivity contribution < 1.29 is 26.0 Å². The van der Waals surface area contributed by atoms with Crippen LogP contribution in [0.1, 0.15) is 5.56 Å². The molecule has 0 amide bonds. The maximum Gasteiger partial charge on any atom is 0.347 e. The Morgan fingerprint density at radius 3 is 2.23 bits per heavy atom. The summed E-state index contributed by atoms with van der Waals surface area (Å²) >= 11 is 0. The molecule has 0 unspecified atom stereocenters. The zero-order valence-electron chi connectivity index (χ0n) is 12.0. The van der Waals surface area contributed by atoms with Gasteiger partial charge >= 0.3 is 12.3 Å². The van der Waals surface area contributed by atoms with Gasteiger partial charge in [-0.15, -0.1) is 0 Å². The largest absolute Gasteiger partial charge is 0.347 e. The summed E-state index contributed by atoms with van der Waals surface area (Å²) in [6.45, 7) is 0. The number of nitrogens with zero attached hydrogens (tertiary/aromatic N) is 2. The summed E-state index contributed by atoms with van der Waals surface area (Å²) in [5.74, 6) is -6.37. The Balaban J connectivity index is 3.04. The molecular weight excluding hydrogens is 324 g/mol. The second kappa shape index (κ2) is 7.08. The molecule has 0 spiro atoms. The van der Waals surface area contributed by atoms with Gasteiger partial charge in [0, 0.05) is 14.1 Å². The molecule has 0 N–H and O–H groups in total. The highest BCUT2D eigenvalue weighted by Crippen LogP contribution is 2.26. The molecule has 0 bridgehead atoms. The van der Waals surface area contributed by atoms with E-state index in [0.717, 1.165) is 5.01 Å². The van der Waals surface area contributed by atoms with Crippen LogP contribution in [0.3, 0.4) is 0 Å². The van der Waals surface area contributed by atoms with Crippen molar-refractivity contribution in [2.45, 2.75) is 18.1 Å². The summed E-state index contributed by atoms with van der Waals surface area (Å²) in [4.78, 5) is 0. The lowest BCUT2D eigenvalue weighted by molar-refractivity contribution is -0.0759. The number of sulfone groups is 1. The fourth-order valence-electron chi connectivity index (χ4n) is 1.65. The molecule has 1 rings (SSSR count). The first-order chi connectivity index (χ1) is 10.0. The van der Waals surface area contributed by atoms with Gasteiger partial charge in [0.15, 0.2) is 9.84 Å². The molecule has 124 valence electrons. The molecule has 0 saturated heterocycles. The number of alkyl halides is 4. The number of hydrogen-bond acceptors (Lipinski definition) is 4. The third kappa shape index (κ3) is 5.28. The molecule has 0 aromatic heterocycles. The van der Waals surface area contributed by atoms with E-state index in [9.17, 15) is 26.0 Å². The smallest absolute Gasteiger partial charge is 0.303 e. The Morgan fingerprint density at radius 2 is 1.77 bits per heavy atom. The fraction of sp³-hybridized carbons (Fsp3) is 0.462. The van der Waals surface area contributed by atoms with E-state index in [1.54, 1.807) is 18.2 Å². The molecule has 0 aliphatic heterocycles. The summed E-state index contributed by atoms with van der Waals surface area (Å²) in [7, 11) is -1.58. The summed E-state index contributed by atoms with van der Waals surface area (Å²) in [6, 6.07) is 7.86. The Kier molecular flexibility index (Phi) is 5.92. The molecule has 22 heavy (non-hydrogen) atoms. The number of hydrogen-bond donors (Lipinski definition) is 0. The van der Waals surface area contributed by atoms with Gasteiger partial charge in [0.25, 0.3) is 0 Å². The van der Waals surface area contributed by atoms with Gasteiger partial charge in [0.2, 0.25) is 0 Å². The van der Waals surface area contributed by atoms with E-state index in [-0.39, 0.29) is 0 Å². The van der Waals surface area contributed by atoms with Gasteiger partial charge in [0.1, 0.15) is 5.71 Å². The van der Waals surface area contributed by atoms with Gasteiger partial charge in [-0.05, 0) is 5.56 Å². The van der Waals surface area contributed by atoms with E-state index in [4.69, 9.17) is 0 Å². The van der Waals surface area contributed by atoms with Crippen molar-refractivity contribution in [2.24, 2.45) is 5.10 Å². The van der Waals surface area contributed by atoms with E-state index in [0.29, 0.717) is 5.56 Å². The van der Waals surface area contributed by atoms with Crippen LogP contribution in [0.2, 0.25) is 0 Å². The van der Waals surface area contributed by atoms with Crippen LogP contribution < -0.4 is 0 Å².